The molecule has 1 amide bonds. The topological polar surface area (TPSA) is 76.0 Å². The highest BCUT2D eigenvalue weighted by atomic mass is 32.2. The van der Waals surface area contributed by atoms with E-state index in [0.29, 0.717) is 16.8 Å². The van der Waals surface area contributed by atoms with Crippen LogP contribution in [0.2, 0.25) is 0 Å². The minimum absolute atomic E-state index is 0.0797. The van der Waals surface area contributed by atoms with Gasteiger partial charge in [0.15, 0.2) is 15.0 Å². The summed E-state index contributed by atoms with van der Waals surface area (Å²) in [5, 5.41) is 0.453. The molecule has 2 aliphatic heterocycles. The van der Waals surface area contributed by atoms with Crippen molar-refractivity contribution in [1.82, 2.24) is 0 Å². The highest BCUT2D eigenvalue weighted by Gasteiger charge is 2.49. The van der Waals surface area contributed by atoms with Crippen LogP contribution in [0.4, 0.5) is 5.69 Å². The first-order valence-electron chi connectivity index (χ1n) is 10.3. The highest BCUT2D eigenvalue weighted by Crippen LogP contribution is 2.41. The monoisotopic (exact) mass is 458 g/mol. The minimum atomic E-state index is -3.10. The van der Waals surface area contributed by atoms with Gasteiger partial charge in [-0.1, -0.05) is 55.9 Å². The number of sulfone groups is 1. The van der Waals surface area contributed by atoms with Crippen molar-refractivity contribution in [2.45, 2.75) is 37.5 Å². The van der Waals surface area contributed by atoms with Gasteiger partial charge < -0.3 is 9.64 Å². The van der Waals surface area contributed by atoms with Gasteiger partial charge in [-0.3, -0.25) is 4.79 Å². The van der Waals surface area contributed by atoms with Crippen LogP contribution < -0.4 is 9.64 Å². The quantitative estimate of drug-likeness (QED) is 0.681. The summed E-state index contributed by atoms with van der Waals surface area (Å²) in [5.41, 5.74) is 2.85. The summed E-state index contributed by atoms with van der Waals surface area (Å²) >= 11 is 1.39. The largest absolute Gasteiger partial charge is 0.496 e. The number of para-hydroxylation sites is 1. The SMILES string of the molecule is COc1ccccc1CC(=O)N=C1S[C@@H]2CS(=O)(=O)C[C@H]2N1c1ccc(C(C)C)cc1. The molecule has 0 radical (unpaired) electrons. The van der Waals surface area contributed by atoms with Crippen molar-refractivity contribution in [1.29, 1.82) is 0 Å². The van der Waals surface area contributed by atoms with Gasteiger partial charge >= 0.3 is 0 Å². The van der Waals surface area contributed by atoms with E-state index < -0.39 is 9.84 Å². The van der Waals surface area contributed by atoms with Crippen molar-refractivity contribution in [3.05, 3.63) is 59.7 Å². The zero-order chi connectivity index (χ0) is 22.2. The number of anilines is 1. The Balaban J connectivity index is 1.64. The van der Waals surface area contributed by atoms with Crippen LogP contribution in [0.5, 0.6) is 5.75 Å². The molecular formula is C23H26N2O4S2. The molecule has 0 aromatic heterocycles. The van der Waals surface area contributed by atoms with Crippen LogP contribution in [-0.4, -0.2) is 49.4 Å². The Morgan fingerprint density at radius 3 is 2.55 bits per heavy atom. The van der Waals surface area contributed by atoms with Crippen molar-refractivity contribution < 1.29 is 17.9 Å². The molecule has 164 valence electrons. The molecule has 2 heterocycles. The number of nitrogens with zero attached hydrogens (tertiary/aromatic N) is 2. The molecule has 2 aliphatic rings. The average molecular weight is 459 g/mol. The van der Waals surface area contributed by atoms with E-state index in [4.69, 9.17) is 4.74 Å². The Morgan fingerprint density at radius 1 is 1.16 bits per heavy atom. The third kappa shape index (κ3) is 4.65. The molecule has 8 heteroatoms. The maximum Gasteiger partial charge on any atom is 0.252 e. The molecular weight excluding hydrogens is 432 g/mol. The Morgan fingerprint density at radius 2 is 1.87 bits per heavy atom. The van der Waals surface area contributed by atoms with Crippen molar-refractivity contribution in [3.8, 4) is 5.75 Å². The smallest absolute Gasteiger partial charge is 0.252 e. The van der Waals surface area contributed by atoms with Gasteiger partial charge in [0.25, 0.3) is 5.91 Å². The average Bonchev–Trinajstić information content (AvgIpc) is 3.19. The van der Waals surface area contributed by atoms with Crippen molar-refractivity contribution in [2.24, 2.45) is 4.99 Å². The Hall–Kier alpha value is -2.32. The fourth-order valence-electron chi connectivity index (χ4n) is 4.04. The van der Waals surface area contributed by atoms with Gasteiger partial charge in [0.1, 0.15) is 5.75 Å². The summed E-state index contributed by atoms with van der Waals surface area (Å²) < 4.78 is 29.8. The van der Waals surface area contributed by atoms with Crippen LogP contribution >= 0.6 is 11.8 Å². The summed E-state index contributed by atoms with van der Waals surface area (Å²) in [5.74, 6) is 0.967. The van der Waals surface area contributed by atoms with Gasteiger partial charge in [-0.25, -0.2) is 8.42 Å². The van der Waals surface area contributed by atoms with Crippen LogP contribution in [0.25, 0.3) is 0 Å². The van der Waals surface area contributed by atoms with Crippen LogP contribution in [0.1, 0.15) is 30.9 Å². The number of amidine groups is 1. The fraction of sp³-hybridized carbons (Fsp3) is 0.391. The molecule has 0 N–H and O–H groups in total. The first-order valence-corrected chi connectivity index (χ1v) is 13.0. The van der Waals surface area contributed by atoms with Crippen molar-refractivity contribution in [2.75, 3.05) is 23.5 Å². The Kier molecular flexibility index (Phi) is 6.12. The number of methoxy groups -OCH3 is 1. The lowest BCUT2D eigenvalue weighted by Gasteiger charge is -2.25. The maximum absolute atomic E-state index is 12.8. The lowest BCUT2D eigenvalue weighted by atomic mass is 10.0. The molecule has 4 rings (SSSR count). The Bertz CT molecular complexity index is 1110. The molecule has 0 spiro atoms. The molecule has 2 aromatic rings. The van der Waals surface area contributed by atoms with Crippen molar-refractivity contribution >= 4 is 38.4 Å². The van der Waals surface area contributed by atoms with Crippen LogP contribution in [-0.2, 0) is 21.1 Å². The van der Waals surface area contributed by atoms with E-state index in [9.17, 15) is 13.2 Å². The van der Waals surface area contributed by atoms with Crippen LogP contribution in [0, 0.1) is 0 Å². The minimum Gasteiger partial charge on any atom is -0.496 e. The lowest BCUT2D eigenvalue weighted by molar-refractivity contribution is -0.117. The summed E-state index contributed by atoms with van der Waals surface area (Å²) in [7, 11) is -1.52. The van der Waals surface area contributed by atoms with Gasteiger partial charge in [0.05, 0.1) is 31.1 Å². The van der Waals surface area contributed by atoms with Gasteiger partial charge in [0.2, 0.25) is 0 Å². The number of fused-ring (bicyclic) bond motifs is 1. The zero-order valence-corrected chi connectivity index (χ0v) is 19.4. The molecule has 2 fully saturated rings. The zero-order valence-electron chi connectivity index (χ0n) is 17.8. The summed E-state index contributed by atoms with van der Waals surface area (Å²) in [4.78, 5) is 19.1. The van der Waals surface area contributed by atoms with Crippen LogP contribution in [0.3, 0.4) is 0 Å². The number of carbonyl (C=O) groups is 1. The van der Waals surface area contributed by atoms with Gasteiger partial charge in [0, 0.05) is 16.5 Å². The molecule has 0 bridgehead atoms. The Labute approximate surface area is 187 Å². The predicted octanol–water partition coefficient (Wildman–Crippen LogP) is 3.66. The molecule has 0 saturated carbocycles. The van der Waals surface area contributed by atoms with E-state index in [1.54, 1.807) is 7.11 Å². The van der Waals surface area contributed by atoms with Gasteiger partial charge in [-0.2, -0.15) is 4.99 Å². The molecule has 2 atom stereocenters. The van der Waals surface area contributed by atoms with Gasteiger partial charge in [-0.15, -0.1) is 0 Å². The van der Waals surface area contributed by atoms with E-state index in [2.05, 4.69) is 31.0 Å². The van der Waals surface area contributed by atoms with Gasteiger partial charge in [-0.05, 0) is 29.7 Å². The second-order valence-corrected chi connectivity index (χ2v) is 11.6. The number of carbonyl (C=O) groups excluding carboxylic acids is 1. The number of hydrogen-bond donors (Lipinski definition) is 0. The third-order valence-corrected chi connectivity index (χ3v) is 8.87. The molecule has 0 aliphatic carbocycles. The fourth-order valence-corrected chi connectivity index (χ4v) is 7.98. The highest BCUT2D eigenvalue weighted by molar-refractivity contribution is 8.16. The number of hydrogen-bond acceptors (Lipinski definition) is 5. The second kappa shape index (κ2) is 8.67. The van der Waals surface area contributed by atoms with E-state index >= 15 is 0 Å². The first-order chi connectivity index (χ1) is 14.8. The van der Waals surface area contributed by atoms with Crippen molar-refractivity contribution in [3.63, 3.8) is 0 Å². The standard InChI is InChI=1S/C23H26N2O4S2/c1-15(2)16-8-10-18(11-9-16)25-19-13-31(27,28)14-21(19)30-23(25)24-22(26)12-17-6-4-5-7-20(17)29-3/h4-11,15,19,21H,12-14H2,1-3H3/t19-,21-/m1/s1. The molecule has 2 saturated heterocycles. The molecule has 2 aromatic carbocycles. The summed E-state index contributed by atoms with van der Waals surface area (Å²) in [6.07, 6.45) is 0.127. The predicted molar refractivity (Wildman–Crippen MR) is 126 cm³/mol. The van der Waals surface area contributed by atoms with E-state index in [1.165, 1.54) is 17.3 Å². The number of amides is 1. The summed E-state index contributed by atoms with van der Waals surface area (Å²) in [6, 6.07) is 15.3. The number of aliphatic imine (C=N–C) groups is 1. The third-order valence-electron chi connectivity index (χ3n) is 5.66. The lowest BCUT2D eigenvalue weighted by Crippen LogP contribution is -2.37. The maximum atomic E-state index is 12.8. The van der Waals surface area contributed by atoms with Crippen LogP contribution in [0.15, 0.2) is 53.5 Å². The molecule has 31 heavy (non-hydrogen) atoms. The molecule has 0 unspecified atom stereocenters. The van der Waals surface area contributed by atoms with E-state index in [0.717, 1.165) is 11.3 Å². The second-order valence-electron chi connectivity index (χ2n) is 8.19. The van der Waals surface area contributed by atoms with E-state index in [-0.39, 0.29) is 35.1 Å². The number of ether oxygens (including phenoxy) is 1. The van der Waals surface area contributed by atoms with E-state index in [1.807, 2.05) is 41.3 Å². The first kappa shape index (κ1) is 21.9. The number of benzene rings is 2. The number of rotatable bonds is 5. The summed E-state index contributed by atoms with van der Waals surface area (Å²) in [6.45, 7) is 4.26. The number of thioether (sulfide) groups is 1. The molecule has 6 nitrogen and oxygen atoms in total. The normalized spacial score (nSPS) is 23.4.